The van der Waals surface area contributed by atoms with E-state index >= 15 is 0 Å². The van der Waals surface area contributed by atoms with E-state index in [4.69, 9.17) is 0 Å². The molecule has 0 spiro atoms. The molecular weight excluding hydrogens is 554 g/mol. The Hall–Kier alpha value is 0.722. The molecular formula is C25H52OU. The Morgan fingerprint density at radius 3 is 1.63 bits per heavy atom. The molecule has 1 fully saturated rings. The maximum atomic E-state index is 12.1. The van der Waals surface area contributed by atoms with Gasteiger partial charge in [0.2, 0.25) is 0 Å². The van der Waals surface area contributed by atoms with Crippen LogP contribution in [-0.4, -0.2) is 5.78 Å². The fraction of sp³-hybridized carbons (Fsp3) is 0.880. The summed E-state index contributed by atoms with van der Waals surface area (Å²) in [6.07, 6.45) is 11.3. The topological polar surface area (TPSA) is 17.1 Å². The molecule has 1 aliphatic rings. The summed E-state index contributed by atoms with van der Waals surface area (Å²) in [7, 11) is 0. The maximum absolute atomic E-state index is 12.1. The second-order valence-electron chi connectivity index (χ2n) is 7.96. The molecule has 0 aromatic heterocycles. The zero-order valence-electron chi connectivity index (χ0n) is 20.2. The van der Waals surface area contributed by atoms with Crippen LogP contribution in [0.25, 0.3) is 0 Å². The van der Waals surface area contributed by atoms with Crippen molar-refractivity contribution < 1.29 is 35.9 Å². The van der Waals surface area contributed by atoms with E-state index in [1.54, 1.807) is 0 Å². The molecule has 0 aromatic carbocycles. The van der Waals surface area contributed by atoms with E-state index in [2.05, 4.69) is 41.5 Å². The SMILES string of the molecule is CC.CC(C)CCCCC(=O)C1CCC(C(C)C)CC1.[CH2-]CC.[CH2-]CC.[U+2]. The van der Waals surface area contributed by atoms with E-state index in [1.165, 1.54) is 25.7 Å². The van der Waals surface area contributed by atoms with Crippen LogP contribution >= 0.6 is 0 Å². The number of ketones is 1. The third-order valence-corrected chi connectivity index (χ3v) is 4.62. The first-order valence-electron chi connectivity index (χ1n) is 11.4. The van der Waals surface area contributed by atoms with Gasteiger partial charge in [-0.1, -0.05) is 68.2 Å². The Bertz CT molecular complexity index is 263. The largest absolute Gasteiger partial charge is 2.00 e. The van der Waals surface area contributed by atoms with Gasteiger partial charge in [-0.3, -0.25) is 4.79 Å². The molecule has 0 saturated heterocycles. The monoisotopic (exact) mass is 606 g/mol. The average Bonchev–Trinajstić information content (AvgIpc) is 2.61. The number of rotatable bonds is 7. The minimum Gasteiger partial charge on any atom is -0.344 e. The van der Waals surface area contributed by atoms with Crippen molar-refractivity contribution in [2.75, 3.05) is 0 Å². The molecule has 1 nitrogen and oxygen atoms in total. The van der Waals surface area contributed by atoms with Gasteiger partial charge in [-0.05, 0) is 49.9 Å². The zero-order chi connectivity index (χ0) is 21.0. The number of hydrogen-bond donors (Lipinski definition) is 0. The zero-order valence-corrected chi connectivity index (χ0v) is 24.4. The van der Waals surface area contributed by atoms with Gasteiger partial charge in [0.15, 0.2) is 0 Å². The van der Waals surface area contributed by atoms with Crippen LogP contribution in [-0.2, 0) is 4.79 Å². The number of hydrogen-bond acceptors (Lipinski definition) is 1. The van der Waals surface area contributed by atoms with Crippen LogP contribution in [0.15, 0.2) is 0 Å². The van der Waals surface area contributed by atoms with Crippen molar-refractivity contribution in [1.82, 2.24) is 0 Å². The summed E-state index contributed by atoms with van der Waals surface area (Å²) in [5.41, 5.74) is 0. The minimum absolute atomic E-state index is 0. The number of Topliss-reactive ketones (excluding diaryl/α,β-unsaturated/α-hetero) is 1. The summed E-state index contributed by atoms with van der Waals surface area (Å²) in [6.45, 7) is 24.2. The Morgan fingerprint density at radius 1 is 0.889 bits per heavy atom. The molecule has 0 N–H and O–H groups in total. The van der Waals surface area contributed by atoms with Crippen LogP contribution in [0.3, 0.4) is 0 Å². The first kappa shape index (κ1) is 35.2. The van der Waals surface area contributed by atoms with Crippen LogP contribution < -0.4 is 0 Å². The summed E-state index contributed by atoms with van der Waals surface area (Å²) in [5, 5.41) is 0. The second kappa shape index (κ2) is 26.7. The quantitative estimate of drug-likeness (QED) is 0.209. The molecule has 0 amide bonds. The molecule has 27 heavy (non-hydrogen) atoms. The third kappa shape index (κ3) is 24.7. The number of carbonyl (C=O) groups excluding carboxylic acids is 1. The van der Waals surface area contributed by atoms with E-state index in [0.29, 0.717) is 11.7 Å². The van der Waals surface area contributed by atoms with Crippen LogP contribution in [0.2, 0.25) is 0 Å². The number of carbonyl (C=O) groups is 1. The standard InChI is InChI=1S/C17H32O.2C3H7.C2H6.U/c1-13(2)7-5-6-8-17(18)16-11-9-15(10-12-16)14(3)4;2*1-3-2;1-2;/h13-16H,5-12H2,1-4H3;2*1,3H2,2H3;1-2H3;/q;2*-1;;+2. The summed E-state index contributed by atoms with van der Waals surface area (Å²) < 4.78 is 0. The molecule has 0 aromatic rings. The molecule has 162 valence electrons. The third-order valence-electron chi connectivity index (χ3n) is 4.62. The molecule has 0 aliphatic heterocycles. The van der Waals surface area contributed by atoms with Gasteiger partial charge in [0, 0.05) is 12.3 Å². The minimum atomic E-state index is 0. The van der Waals surface area contributed by atoms with Crippen LogP contribution in [0.4, 0.5) is 0 Å². The summed E-state index contributed by atoms with van der Waals surface area (Å²) >= 11 is 0. The van der Waals surface area contributed by atoms with Crippen molar-refractivity contribution in [3.05, 3.63) is 13.8 Å². The van der Waals surface area contributed by atoms with Gasteiger partial charge in [0.25, 0.3) is 0 Å². The van der Waals surface area contributed by atoms with Crippen LogP contribution in [0.1, 0.15) is 120 Å². The summed E-state index contributed by atoms with van der Waals surface area (Å²) in [5.74, 6) is 3.41. The van der Waals surface area contributed by atoms with E-state index < -0.39 is 0 Å². The molecule has 0 atom stereocenters. The van der Waals surface area contributed by atoms with Crippen molar-refractivity contribution >= 4 is 5.78 Å². The molecule has 0 bridgehead atoms. The molecule has 1 aliphatic carbocycles. The predicted molar refractivity (Wildman–Crippen MR) is 121 cm³/mol. The molecule has 2 heteroatoms. The van der Waals surface area contributed by atoms with Gasteiger partial charge in [-0.2, -0.15) is 12.8 Å². The predicted octanol–water partition coefficient (Wildman–Crippen LogP) is 8.72. The smallest absolute Gasteiger partial charge is 0.344 e. The van der Waals surface area contributed by atoms with Crippen LogP contribution in [0.5, 0.6) is 0 Å². The van der Waals surface area contributed by atoms with Crippen molar-refractivity contribution in [2.45, 2.75) is 120 Å². The van der Waals surface area contributed by atoms with Gasteiger partial charge in [-0.25, -0.2) is 0 Å². The molecule has 0 heterocycles. The van der Waals surface area contributed by atoms with E-state index in [0.717, 1.165) is 56.3 Å². The van der Waals surface area contributed by atoms with Crippen molar-refractivity contribution in [3.8, 4) is 0 Å². The van der Waals surface area contributed by atoms with Crippen LogP contribution in [0, 0.1) is 68.6 Å². The molecule has 1 saturated carbocycles. The van der Waals surface area contributed by atoms with Crippen molar-refractivity contribution in [2.24, 2.45) is 23.7 Å². The Balaban J connectivity index is -0.000000254. The van der Waals surface area contributed by atoms with Crippen molar-refractivity contribution in [3.63, 3.8) is 0 Å². The average molecular weight is 607 g/mol. The Labute approximate surface area is 198 Å². The van der Waals surface area contributed by atoms with Gasteiger partial charge in [0.1, 0.15) is 5.78 Å². The Morgan fingerprint density at radius 2 is 1.30 bits per heavy atom. The van der Waals surface area contributed by atoms with E-state index in [9.17, 15) is 4.79 Å². The maximum Gasteiger partial charge on any atom is 2.00 e. The summed E-state index contributed by atoms with van der Waals surface area (Å²) in [6, 6.07) is 0. The van der Waals surface area contributed by atoms with Gasteiger partial charge in [-0.15, -0.1) is 0 Å². The second-order valence-corrected chi connectivity index (χ2v) is 7.96. The number of unbranched alkanes of at least 4 members (excludes halogenated alkanes) is 1. The fourth-order valence-electron chi connectivity index (χ4n) is 3.16. The summed E-state index contributed by atoms with van der Waals surface area (Å²) in [4.78, 5) is 12.1. The van der Waals surface area contributed by atoms with E-state index in [-0.39, 0.29) is 31.1 Å². The van der Waals surface area contributed by atoms with Crippen molar-refractivity contribution in [1.29, 1.82) is 0 Å². The molecule has 1 rings (SSSR count). The van der Waals surface area contributed by atoms with Gasteiger partial charge in [0.05, 0.1) is 0 Å². The molecule has 0 radical (unpaired) electrons. The Kier molecular flexibility index (Phi) is 34.8. The molecule has 0 unspecified atom stereocenters. The first-order chi connectivity index (χ1) is 12.3. The van der Waals surface area contributed by atoms with Gasteiger partial charge < -0.3 is 13.8 Å². The van der Waals surface area contributed by atoms with Gasteiger partial charge >= 0.3 is 31.1 Å². The fourth-order valence-corrected chi connectivity index (χ4v) is 3.16. The normalized spacial score (nSPS) is 18.1. The first-order valence-corrected chi connectivity index (χ1v) is 11.4. The van der Waals surface area contributed by atoms with E-state index in [1.807, 2.05) is 27.7 Å².